The monoisotopic (exact) mass is 382 g/mol. The van der Waals surface area contributed by atoms with E-state index in [1.165, 1.54) is 16.3 Å². The summed E-state index contributed by atoms with van der Waals surface area (Å²) in [6.45, 7) is 2.47. The summed E-state index contributed by atoms with van der Waals surface area (Å²) in [6, 6.07) is 20.4. The van der Waals surface area contributed by atoms with E-state index < -0.39 is 0 Å². The van der Waals surface area contributed by atoms with Gasteiger partial charge in [-0.15, -0.1) is 0 Å². The lowest BCUT2D eigenvalue weighted by Gasteiger charge is -2.31. The van der Waals surface area contributed by atoms with Crippen LogP contribution in [0.2, 0.25) is 0 Å². The molecule has 0 bridgehead atoms. The highest BCUT2D eigenvalue weighted by Gasteiger charge is 2.20. The largest absolute Gasteiger partial charge is 0.342 e. The SMILES string of the molecule is O=c1cc(-c2ccncc2)nc2n1CCCN2CCc1cccc2ccccc12. The predicted molar refractivity (Wildman–Crippen MR) is 116 cm³/mol. The van der Waals surface area contributed by atoms with Crippen molar-refractivity contribution in [3.63, 3.8) is 0 Å². The van der Waals surface area contributed by atoms with Gasteiger partial charge in [-0.05, 0) is 41.3 Å². The Labute approximate surface area is 169 Å². The fourth-order valence-corrected chi connectivity index (χ4v) is 4.11. The molecule has 2 aromatic carbocycles. The van der Waals surface area contributed by atoms with Crippen molar-refractivity contribution >= 4 is 16.7 Å². The normalized spacial score (nSPS) is 13.4. The van der Waals surface area contributed by atoms with Crippen molar-refractivity contribution in [1.29, 1.82) is 0 Å². The first-order chi connectivity index (χ1) is 14.3. The average molecular weight is 382 g/mol. The molecule has 0 unspecified atom stereocenters. The van der Waals surface area contributed by atoms with Crippen LogP contribution in [0.25, 0.3) is 22.0 Å². The molecule has 2 aromatic heterocycles. The highest BCUT2D eigenvalue weighted by atomic mass is 16.1. The molecule has 3 heterocycles. The van der Waals surface area contributed by atoms with Crippen LogP contribution in [0.1, 0.15) is 12.0 Å². The van der Waals surface area contributed by atoms with Crippen LogP contribution in [0.4, 0.5) is 5.95 Å². The molecule has 5 rings (SSSR count). The average Bonchev–Trinajstić information content (AvgIpc) is 2.78. The molecule has 0 saturated carbocycles. The minimum absolute atomic E-state index is 0.0108. The van der Waals surface area contributed by atoms with Gasteiger partial charge in [0.1, 0.15) is 0 Å². The topological polar surface area (TPSA) is 51.0 Å². The van der Waals surface area contributed by atoms with E-state index >= 15 is 0 Å². The zero-order valence-corrected chi connectivity index (χ0v) is 16.2. The van der Waals surface area contributed by atoms with E-state index in [2.05, 4.69) is 52.3 Å². The second kappa shape index (κ2) is 7.51. The summed E-state index contributed by atoms with van der Waals surface area (Å²) >= 11 is 0. The van der Waals surface area contributed by atoms with Crippen molar-refractivity contribution < 1.29 is 0 Å². The highest BCUT2D eigenvalue weighted by Crippen LogP contribution is 2.23. The van der Waals surface area contributed by atoms with E-state index in [1.54, 1.807) is 23.0 Å². The molecule has 1 aliphatic rings. The lowest BCUT2D eigenvalue weighted by atomic mass is 10.0. The third-order valence-electron chi connectivity index (χ3n) is 5.59. The first-order valence-electron chi connectivity index (χ1n) is 10.0. The van der Waals surface area contributed by atoms with Crippen LogP contribution in [-0.4, -0.2) is 27.6 Å². The Morgan fingerprint density at radius 1 is 0.931 bits per heavy atom. The Morgan fingerprint density at radius 3 is 2.66 bits per heavy atom. The zero-order valence-electron chi connectivity index (χ0n) is 16.2. The fourth-order valence-electron chi connectivity index (χ4n) is 4.11. The van der Waals surface area contributed by atoms with Crippen molar-refractivity contribution in [2.24, 2.45) is 0 Å². The number of pyridine rings is 1. The molecule has 29 heavy (non-hydrogen) atoms. The highest BCUT2D eigenvalue weighted by molar-refractivity contribution is 5.85. The van der Waals surface area contributed by atoms with Gasteiger partial charge < -0.3 is 4.90 Å². The number of fused-ring (bicyclic) bond motifs is 2. The number of rotatable bonds is 4. The Morgan fingerprint density at radius 2 is 1.76 bits per heavy atom. The minimum Gasteiger partial charge on any atom is -0.342 e. The van der Waals surface area contributed by atoms with Gasteiger partial charge in [0.05, 0.1) is 5.69 Å². The summed E-state index contributed by atoms with van der Waals surface area (Å²) in [6.07, 6.45) is 5.33. The molecular weight excluding hydrogens is 360 g/mol. The quantitative estimate of drug-likeness (QED) is 0.537. The molecule has 0 fully saturated rings. The summed E-state index contributed by atoms with van der Waals surface area (Å²) in [5, 5.41) is 2.56. The van der Waals surface area contributed by atoms with Gasteiger partial charge in [-0.25, -0.2) is 4.98 Å². The van der Waals surface area contributed by atoms with E-state index in [4.69, 9.17) is 4.98 Å². The van der Waals surface area contributed by atoms with Gasteiger partial charge in [0.2, 0.25) is 5.95 Å². The lowest BCUT2D eigenvalue weighted by molar-refractivity contribution is 0.532. The van der Waals surface area contributed by atoms with Gasteiger partial charge in [-0.1, -0.05) is 42.5 Å². The molecule has 0 spiro atoms. The molecule has 144 valence electrons. The number of hydrogen-bond acceptors (Lipinski definition) is 4. The van der Waals surface area contributed by atoms with Crippen molar-refractivity contribution in [2.45, 2.75) is 19.4 Å². The van der Waals surface area contributed by atoms with E-state index in [1.807, 2.05) is 12.1 Å². The van der Waals surface area contributed by atoms with Gasteiger partial charge >= 0.3 is 0 Å². The molecule has 0 aliphatic carbocycles. The Hall–Kier alpha value is -3.47. The maximum absolute atomic E-state index is 12.7. The van der Waals surface area contributed by atoms with E-state index in [9.17, 15) is 4.79 Å². The van der Waals surface area contributed by atoms with Crippen LogP contribution in [0, 0.1) is 0 Å². The summed E-state index contributed by atoms with van der Waals surface area (Å²) < 4.78 is 1.80. The number of hydrogen-bond donors (Lipinski definition) is 0. The van der Waals surface area contributed by atoms with Crippen molar-refractivity contribution in [1.82, 2.24) is 14.5 Å². The molecule has 4 aromatic rings. The van der Waals surface area contributed by atoms with Crippen LogP contribution in [0.3, 0.4) is 0 Å². The summed E-state index contributed by atoms with van der Waals surface area (Å²) in [4.78, 5) is 23.9. The summed E-state index contributed by atoms with van der Waals surface area (Å²) in [5.41, 5.74) is 2.96. The van der Waals surface area contributed by atoms with Crippen molar-refractivity contribution in [2.75, 3.05) is 18.0 Å². The maximum atomic E-state index is 12.7. The second-order valence-electron chi connectivity index (χ2n) is 7.40. The van der Waals surface area contributed by atoms with Crippen LogP contribution < -0.4 is 10.5 Å². The van der Waals surface area contributed by atoms with Crippen molar-refractivity contribution in [3.8, 4) is 11.3 Å². The standard InChI is InChI=1S/C24H22N4O/c29-23-17-22(20-9-12-25-13-10-20)26-24-27(14-4-15-28(23)24)16-11-19-7-3-6-18-5-1-2-8-21(18)19/h1-3,5-10,12-13,17H,4,11,14-16H2. The predicted octanol–water partition coefficient (Wildman–Crippen LogP) is 3.91. The van der Waals surface area contributed by atoms with Crippen LogP contribution in [-0.2, 0) is 13.0 Å². The van der Waals surface area contributed by atoms with Gasteiger partial charge in [0.25, 0.3) is 5.56 Å². The molecule has 0 radical (unpaired) electrons. The fraction of sp³-hybridized carbons (Fsp3) is 0.208. The van der Waals surface area contributed by atoms with Gasteiger partial charge in [0.15, 0.2) is 0 Å². The Bertz CT molecular complexity index is 1210. The van der Waals surface area contributed by atoms with Crippen LogP contribution in [0.15, 0.2) is 77.9 Å². The second-order valence-corrected chi connectivity index (χ2v) is 7.40. The van der Waals surface area contributed by atoms with E-state index in [0.29, 0.717) is 5.69 Å². The number of nitrogens with zero attached hydrogens (tertiary/aromatic N) is 4. The first kappa shape index (κ1) is 17.6. The minimum atomic E-state index is 0.0108. The molecule has 0 saturated heterocycles. The maximum Gasteiger partial charge on any atom is 0.255 e. The molecule has 5 heteroatoms. The van der Waals surface area contributed by atoms with Crippen LogP contribution >= 0.6 is 0 Å². The summed E-state index contributed by atoms with van der Waals surface area (Å²) in [5.74, 6) is 0.774. The Balaban J connectivity index is 1.47. The van der Waals surface area contributed by atoms with Gasteiger partial charge in [-0.3, -0.25) is 14.3 Å². The molecule has 5 nitrogen and oxygen atoms in total. The van der Waals surface area contributed by atoms with Crippen LogP contribution in [0.5, 0.6) is 0 Å². The number of aromatic nitrogens is 3. The molecule has 0 amide bonds. The van der Waals surface area contributed by atoms with Gasteiger partial charge in [-0.2, -0.15) is 0 Å². The third-order valence-corrected chi connectivity index (χ3v) is 5.59. The smallest absolute Gasteiger partial charge is 0.255 e. The van der Waals surface area contributed by atoms with E-state index in [0.717, 1.165) is 44.0 Å². The molecule has 1 aliphatic heterocycles. The zero-order chi connectivity index (χ0) is 19.6. The number of benzene rings is 2. The third kappa shape index (κ3) is 3.40. The molecular formula is C24H22N4O. The lowest BCUT2D eigenvalue weighted by Crippen LogP contribution is -2.39. The van der Waals surface area contributed by atoms with Gasteiger partial charge in [0, 0.05) is 43.7 Å². The first-order valence-corrected chi connectivity index (χ1v) is 10.0. The Kier molecular flexibility index (Phi) is 4.56. The molecule has 0 N–H and O–H groups in total. The van der Waals surface area contributed by atoms with Crippen molar-refractivity contribution in [3.05, 3.63) is 89.0 Å². The summed E-state index contributed by atoms with van der Waals surface area (Å²) in [7, 11) is 0. The number of anilines is 1. The van der Waals surface area contributed by atoms with E-state index in [-0.39, 0.29) is 5.56 Å². The molecule has 0 atom stereocenters.